The van der Waals surface area contributed by atoms with Crippen LogP contribution in [-0.2, 0) is 10.2 Å². The van der Waals surface area contributed by atoms with Crippen LogP contribution in [0.25, 0.3) is 0 Å². The summed E-state index contributed by atoms with van der Waals surface area (Å²) in [6.45, 7) is 5.43. The van der Waals surface area contributed by atoms with Gasteiger partial charge in [0.15, 0.2) is 0 Å². The second-order valence-corrected chi connectivity index (χ2v) is 4.51. The average Bonchev–Trinajstić information content (AvgIpc) is 1.95. The Bertz CT molecular complexity index is 367. The van der Waals surface area contributed by atoms with Gasteiger partial charge in [-0.05, 0) is 6.92 Å². The molecule has 0 amide bonds. The van der Waals surface area contributed by atoms with E-state index in [2.05, 4.69) is 8.80 Å². The van der Waals surface area contributed by atoms with Crippen LogP contribution in [0.3, 0.4) is 0 Å². The summed E-state index contributed by atoms with van der Waals surface area (Å²) in [5.41, 5.74) is 0. The van der Waals surface area contributed by atoms with Gasteiger partial charge in [-0.3, -0.25) is 0 Å². The zero-order chi connectivity index (χ0) is 10.2. The largest absolute Gasteiger partial charge is 0.366 e. The lowest BCUT2D eigenvalue weighted by Crippen LogP contribution is -2.38. The van der Waals surface area contributed by atoms with Crippen molar-refractivity contribution in [3.05, 3.63) is 0 Å². The van der Waals surface area contributed by atoms with Crippen molar-refractivity contribution in [1.82, 2.24) is 4.90 Å². The van der Waals surface area contributed by atoms with E-state index in [1.807, 2.05) is 13.8 Å². The number of hydrogen-bond donors (Lipinski definition) is 0. The molecule has 1 heterocycles. The molecule has 5 nitrogen and oxygen atoms in total. The van der Waals surface area contributed by atoms with Gasteiger partial charge in [0.05, 0.1) is 0 Å². The highest BCUT2D eigenvalue weighted by molar-refractivity contribution is 7.89. The smallest absolute Gasteiger partial charge is 0.320 e. The molecule has 0 aromatic heterocycles. The van der Waals surface area contributed by atoms with Crippen molar-refractivity contribution in [2.24, 2.45) is 14.7 Å². The first-order valence-corrected chi connectivity index (χ1v) is 5.38. The molecule has 0 radical (unpaired) electrons. The Balaban J connectivity index is 3.19. The van der Waals surface area contributed by atoms with E-state index in [1.54, 1.807) is 18.9 Å². The third-order valence-electron chi connectivity index (χ3n) is 1.80. The Labute approximate surface area is 78.4 Å². The molecule has 0 aromatic rings. The minimum atomic E-state index is -3.62. The highest BCUT2D eigenvalue weighted by Crippen LogP contribution is 2.12. The van der Waals surface area contributed by atoms with Crippen LogP contribution in [0.2, 0.25) is 0 Å². The van der Waals surface area contributed by atoms with Crippen LogP contribution < -0.4 is 0 Å². The van der Waals surface area contributed by atoms with Crippen LogP contribution in [0.5, 0.6) is 0 Å². The Morgan fingerprint density at radius 2 is 1.85 bits per heavy atom. The van der Waals surface area contributed by atoms with E-state index >= 15 is 0 Å². The van der Waals surface area contributed by atoms with Crippen molar-refractivity contribution in [1.29, 1.82) is 0 Å². The minimum absolute atomic E-state index is 0.0743. The fourth-order valence-corrected chi connectivity index (χ4v) is 2.15. The molecular weight excluding hydrogens is 190 g/mol. The van der Waals surface area contributed by atoms with Gasteiger partial charge in [-0.1, -0.05) is 13.8 Å². The quantitative estimate of drug-likeness (QED) is 0.628. The first-order chi connectivity index (χ1) is 5.83. The molecule has 0 bridgehead atoms. The maximum Gasteiger partial charge on any atom is 0.366 e. The normalized spacial score (nSPS) is 21.5. The Hall–Kier alpha value is -0.910. The molecule has 1 aliphatic rings. The average molecular weight is 203 g/mol. The summed E-state index contributed by atoms with van der Waals surface area (Å²) in [7, 11) is -1.87. The van der Waals surface area contributed by atoms with Gasteiger partial charge in [0.25, 0.3) is 0 Å². The number of hydrogen-bond acceptors (Lipinski definition) is 3. The van der Waals surface area contributed by atoms with E-state index in [0.29, 0.717) is 11.7 Å². The Kier molecular flexibility index (Phi) is 2.42. The summed E-state index contributed by atoms with van der Waals surface area (Å²) in [5, 5.41) is 0. The summed E-state index contributed by atoms with van der Waals surface area (Å²) in [4.78, 5) is 1.69. The lowest BCUT2D eigenvalue weighted by molar-refractivity contribution is 0.589. The van der Waals surface area contributed by atoms with E-state index in [0.717, 1.165) is 0 Å². The first kappa shape index (κ1) is 10.2. The second kappa shape index (κ2) is 3.10. The standard InChI is InChI=1S/C7H13N3O2S/c1-5(2)7-9-13(11,12)8-6(3)10(7)4/h5H,1-4H3. The molecule has 0 spiro atoms. The van der Waals surface area contributed by atoms with E-state index < -0.39 is 10.2 Å². The van der Waals surface area contributed by atoms with Crippen LogP contribution in [0.15, 0.2) is 8.80 Å². The van der Waals surface area contributed by atoms with Gasteiger partial charge < -0.3 is 4.90 Å². The summed E-state index contributed by atoms with van der Waals surface area (Å²) < 4.78 is 29.3. The van der Waals surface area contributed by atoms with Gasteiger partial charge in [0.2, 0.25) is 0 Å². The van der Waals surface area contributed by atoms with E-state index in [1.165, 1.54) is 0 Å². The topological polar surface area (TPSA) is 62.1 Å². The summed E-state index contributed by atoms with van der Waals surface area (Å²) in [6.07, 6.45) is 0. The highest BCUT2D eigenvalue weighted by atomic mass is 32.2. The third kappa shape index (κ3) is 2.06. The van der Waals surface area contributed by atoms with Crippen LogP contribution in [-0.4, -0.2) is 32.0 Å². The van der Waals surface area contributed by atoms with Gasteiger partial charge >= 0.3 is 10.2 Å². The zero-order valence-electron chi connectivity index (χ0n) is 8.14. The summed E-state index contributed by atoms with van der Waals surface area (Å²) in [5.74, 6) is 1.07. The molecule has 0 saturated carbocycles. The molecule has 0 atom stereocenters. The molecule has 6 heteroatoms. The van der Waals surface area contributed by atoms with E-state index in [4.69, 9.17) is 0 Å². The molecular formula is C7H13N3O2S. The molecule has 74 valence electrons. The number of nitrogens with zero attached hydrogens (tertiary/aromatic N) is 3. The van der Waals surface area contributed by atoms with Crippen LogP contribution in [0.4, 0.5) is 0 Å². The second-order valence-electron chi connectivity index (χ2n) is 3.25. The van der Waals surface area contributed by atoms with Crippen LogP contribution in [0, 0.1) is 5.92 Å². The predicted octanol–water partition coefficient (Wildman–Crippen LogP) is 0.650. The van der Waals surface area contributed by atoms with Gasteiger partial charge in [0.1, 0.15) is 11.7 Å². The molecule has 0 fully saturated rings. The SMILES string of the molecule is CC1=NS(=O)(=O)N=C(C(C)C)N1C. The summed E-state index contributed by atoms with van der Waals surface area (Å²) in [6, 6.07) is 0. The van der Waals surface area contributed by atoms with Gasteiger partial charge in [-0.2, -0.15) is 8.42 Å². The molecule has 0 aliphatic carbocycles. The zero-order valence-corrected chi connectivity index (χ0v) is 8.96. The van der Waals surface area contributed by atoms with Crippen LogP contribution in [0.1, 0.15) is 20.8 Å². The summed E-state index contributed by atoms with van der Waals surface area (Å²) >= 11 is 0. The monoisotopic (exact) mass is 203 g/mol. The molecule has 0 saturated heterocycles. The maximum atomic E-state index is 11.1. The predicted molar refractivity (Wildman–Crippen MR) is 52.1 cm³/mol. The van der Waals surface area contributed by atoms with Crippen molar-refractivity contribution in [3.8, 4) is 0 Å². The van der Waals surface area contributed by atoms with Crippen molar-refractivity contribution >= 4 is 21.9 Å². The van der Waals surface area contributed by atoms with Crippen molar-refractivity contribution in [3.63, 3.8) is 0 Å². The number of amidine groups is 2. The molecule has 0 N–H and O–H groups in total. The van der Waals surface area contributed by atoms with Gasteiger partial charge in [-0.25, -0.2) is 0 Å². The highest BCUT2D eigenvalue weighted by Gasteiger charge is 2.23. The van der Waals surface area contributed by atoms with Crippen molar-refractivity contribution in [2.75, 3.05) is 7.05 Å². The molecule has 1 aliphatic heterocycles. The Morgan fingerprint density at radius 3 is 2.31 bits per heavy atom. The van der Waals surface area contributed by atoms with Gasteiger partial charge in [0, 0.05) is 13.0 Å². The fraction of sp³-hybridized carbons (Fsp3) is 0.714. The van der Waals surface area contributed by atoms with Gasteiger partial charge in [-0.15, -0.1) is 8.80 Å². The van der Waals surface area contributed by atoms with E-state index in [9.17, 15) is 8.42 Å². The fourth-order valence-electron chi connectivity index (χ4n) is 1.09. The first-order valence-electron chi connectivity index (χ1n) is 3.98. The lowest BCUT2D eigenvalue weighted by atomic mass is 10.2. The minimum Gasteiger partial charge on any atom is -0.320 e. The van der Waals surface area contributed by atoms with Crippen molar-refractivity contribution in [2.45, 2.75) is 20.8 Å². The molecule has 0 unspecified atom stereocenters. The van der Waals surface area contributed by atoms with Crippen molar-refractivity contribution < 1.29 is 8.42 Å². The van der Waals surface area contributed by atoms with Crippen LogP contribution >= 0.6 is 0 Å². The molecule has 13 heavy (non-hydrogen) atoms. The molecule has 1 rings (SSSR count). The maximum absolute atomic E-state index is 11.1. The molecule has 0 aromatic carbocycles. The lowest BCUT2D eigenvalue weighted by Gasteiger charge is -2.25. The number of rotatable bonds is 1. The third-order valence-corrected chi connectivity index (χ3v) is 2.71. The van der Waals surface area contributed by atoms with E-state index in [-0.39, 0.29) is 5.92 Å². The Morgan fingerprint density at radius 1 is 1.31 bits per heavy atom.